The molecule has 2 rings (SSSR count). The highest BCUT2D eigenvalue weighted by Gasteiger charge is 2.04. The largest absolute Gasteiger partial charge is 0.369 e. The molecule has 2 N–H and O–H groups in total. The fourth-order valence-electron chi connectivity index (χ4n) is 1.76. The summed E-state index contributed by atoms with van der Waals surface area (Å²) in [5.41, 5.74) is 1.30. The van der Waals surface area contributed by atoms with Gasteiger partial charge in [0.1, 0.15) is 11.6 Å². The Bertz CT molecular complexity index is 601. The molecule has 0 radical (unpaired) electrons. The van der Waals surface area contributed by atoms with Gasteiger partial charge in [-0.05, 0) is 37.6 Å². The van der Waals surface area contributed by atoms with E-state index in [0.29, 0.717) is 18.7 Å². The van der Waals surface area contributed by atoms with E-state index < -0.39 is 0 Å². The van der Waals surface area contributed by atoms with Crippen LogP contribution in [-0.4, -0.2) is 29.0 Å². The molecule has 0 saturated heterocycles. The molecular formula is C15H17FN4O. The van der Waals surface area contributed by atoms with Crippen molar-refractivity contribution in [1.29, 1.82) is 0 Å². The number of aromatic nitrogens is 2. The van der Waals surface area contributed by atoms with Crippen LogP contribution >= 0.6 is 0 Å². The first-order valence-corrected chi connectivity index (χ1v) is 6.71. The van der Waals surface area contributed by atoms with Gasteiger partial charge in [0.05, 0.1) is 11.9 Å². The average Bonchev–Trinajstić information content (AvgIpc) is 2.47. The van der Waals surface area contributed by atoms with Gasteiger partial charge in [-0.25, -0.2) is 9.37 Å². The summed E-state index contributed by atoms with van der Waals surface area (Å²) in [6.07, 6.45) is 4.10. The van der Waals surface area contributed by atoms with Crippen LogP contribution in [0.3, 0.4) is 0 Å². The summed E-state index contributed by atoms with van der Waals surface area (Å²) in [5, 5.41) is 5.91. The highest BCUT2D eigenvalue weighted by Crippen LogP contribution is 2.03. The molecule has 6 heteroatoms. The number of nitrogens with zero attached hydrogens (tertiary/aromatic N) is 2. The fourth-order valence-corrected chi connectivity index (χ4v) is 1.76. The Morgan fingerprint density at radius 3 is 2.67 bits per heavy atom. The number of nitrogens with one attached hydrogen (secondary N) is 2. The molecule has 1 aromatic heterocycles. The van der Waals surface area contributed by atoms with Crippen LogP contribution < -0.4 is 10.6 Å². The first-order valence-electron chi connectivity index (χ1n) is 6.71. The molecule has 0 atom stereocenters. The maximum atomic E-state index is 12.7. The minimum Gasteiger partial charge on any atom is -0.369 e. The van der Waals surface area contributed by atoms with Gasteiger partial charge in [0.25, 0.3) is 5.91 Å². The van der Waals surface area contributed by atoms with E-state index in [2.05, 4.69) is 20.6 Å². The standard InChI is InChI=1S/C15H17FN4O/c1-11-9-17-10-14(20-11)18-7-2-8-19-15(21)12-3-5-13(16)6-4-12/h3-6,9-10H,2,7-8H2,1H3,(H,18,20)(H,19,21). The molecule has 1 amide bonds. The van der Waals surface area contributed by atoms with Crippen LogP contribution in [0.4, 0.5) is 10.2 Å². The van der Waals surface area contributed by atoms with Crippen molar-refractivity contribution in [3.63, 3.8) is 0 Å². The van der Waals surface area contributed by atoms with E-state index in [4.69, 9.17) is 0 Å². The summed E-state index contributed by atoms with van der Waals surface area (Å²) in [6, 6.07) is 5.47. The highest BCUT2D eigenvalue weighted by molar-refractivity contribution is 5.94. The number of aryl methyl sites for hydroxylation is 1. The van der Waals surface area contributed by atoms with Gasteiger partial charge in [-0.2, -0.15) is 0 Å². The summed E-state index contributed by atoms with van der Waals surface area (Å²) in [6.45, 7) is 3.09. The average molecular weight is 288 g/mol. The van der Waals surface area contributed by atoms with Crippen molar-refractivity contribution in [2.24, 2.45) is 0 Å². The molecule has 0 bridgehead atoms. The van der Waals surface area contributed by atoms with Gasteiger partial charge in [0.2, 0.25) is 0 Å². The van der Waals surface area contributed by atoms with Crippen LogP contribution in [0, 0.1) is 12.7 Å². The van der Waals surface area contributed by atoms with Gasteiger partial charge in [-0.1, -0.05) is 0 Å². The van der Waals surface area contributed by atoms with Crippen LogP contribution in [0.15, 0.2) is 36.7 Å². The topological polar surface area (TPSA) is 66.9 Å². The molecule has 2 aromatic rings. The molecule has 110 valence electrons. The van der Waals surface area contributed by atoms with Gasteiger partial charge < -0.3 is 10.6 Å². The lowest BCUT2D eigenvalue weighted by Gasteiger charge is -2.07. The zero-order chi connectivity index (χ0) is 15.1. The van der Waals surface area contributed by atoms with E-state index in [0.717, 1.165) is 17.9 Å². The molecule has 0 unspecified atom stereocenters. The molecule has 0 fully saturated rings. The lowest BCUT2D eigenvalue weighted by molar-refractivity contribution is 0.0953. The summed E-state index contributed by atoms with van der Waals surface area (Å²) < 4.78 is 12.7. The molecule has 21 heavy (non-hydrogen) atoms. The first-order chi connectivity index (χ1) is 10.1. The number of hydrogen-bond acceptors (Lipinski definition) is 4. The Balaban J connectivity index is 1.68. The zero-order valence-corrected chi connectivity index (χ0v) is 11.8. The summed E-state index contributed by atoms with van der Waals surface area (Å²) in [4.78, 5) is 20.1. The second-order valence-electron chi connectivity index (χ2n) is 4.59. The molecule has 0 aliphatic heterocycles. The molecule has 1 aromatic carbocycles. The van der Waals surface area contributed by atoms with Crippen LogP contribution in [0.5, 0.6) is 0 Å². The molecule has 1 heterocycles. The summed E-state index contributed by atoms with van der Waals surface area (Å²) >= 11 is 0. The number of carbonyl (C=O) groups is 1. The Labute approximate surface area is 122 Å². The van der Waals surface area contributed by atoms with Crippen molar-refractivity contribution in [2.45, 2.75) is 13.3 Å². The quantitative estimate of drug-likeness (QED) is 0.799. The number of rotatable bonds is 6. The number of anilines is 1. The molecule has 0 spiro atoms. The third-order valence-electron chi connectivity index (χ3n) is 2.81. The highest BCUT2D eigenvalue weighted by atomic mass is 19.1. The van der Waals surface area contributed by atoms with Crippen molar-refractivity contribution in [1.82, 2.24) is 15.3 Å². The Morgan fingerprint density at radius 2 is 1.95 bits per heavy atom. The van der Waals surface area contributed by atoms with Crippen molar-refractivity contribution in [3.05, 3.63) is 53.7 Å². The number of carbonyl (C=O) groups excluding carboxylic acids is 1. The van der Waals surface area contributed by atoms with Crippen molar-refractivity contribution >= 4 is 11.7 Å². The molecule has 0 aliphatic rings. The maximum Gasteiger partial charge on any atom is 0.251 e. The molecule has 0 saturated carbocycles. The minimum absolute atomic E-state index is 0.203. The van der Waals surface area contributed by atoms with Crippen LogP contribution in [-0.2, 0) is 0 Å². The first kappa shape index (κ1) is 14.9. The van der Waals surface area contributed by atoms with Gasteiger partial charge in [-0.15, -0.1) is 0 Å². The Hall–Kier alpha value is -2.50. The predicted molar refractivity (Wildman–Crippen MR) is 78.6 cm³/mol. The van der Waals surface area contributed by atoms with E-state index in [1.165, 1.54) is 24.3 Å². The second-order valence-corrected chi connectivity index (χ2v) is 4.59. The Morgan fingerprint density at radius 1 is 1.19 bits per heavy atom. The molecule has 0 aliphatic carbocycles. The van der Waals surface area contributed by atoms with E-state index in [-0.39, 0.29) is 11.7 Å². The van der Waals surface area contributed by atoms with Crippen molar-refractivity contribution in [2.75, 3.05) is 18.4 Å². The van der Waals surface area contributed by atoms with Crippen LogP contribution in [0.1, 0.15) is 22.5 Å². The van der Waals surface area contributed by atoms with E-state index in [9.17, 15) is 9.18 Å². The lowest BCUT2D eigenvalue weighted by atomic mass is 10.2. The molecule has 5 nitrogen and oxygen atoms in total. The Kier molecular flexibility index (Phi) is 5.20. The van der Waals surface area contributed by atoms with E-state index in [1.54, 1.807) is 12.4 Å². The van der Waals surface area contributed by atoms with E-state index in [1.807, 2.05) is 6.92 Å². The van der Waals surface area contributed by atoms with Crippen LogP contribution in [0.25, 0.3) is 0 Å². The van der Waals surface area contributed by atoms with Crippen molar-refractivity contribution < 1.29 is 9.18 Å². The fraction of sp³-hybridized carbons (Fsp3) is 0.267. The van der Waals surface area contributed by atoms with Gasteiger partial charge >= 0.3 is 0 Å². The SMILES string of the molecule is Cc1cncc(NCCCNC(=O)c2ccc(F)cc2)n1. The summed E-state index contributed by atoms with van der Waals surface area (Å²) in [5.74, 6) is 0.167. The number of benzene rings is 1. The van der Waals surface area contributed by atoms with Crippen molar-refractivity contribution in [3.8, 4) is 0 Å². The second kappa shape index (κ2) is 7.33. The number of amides is 1. The van der Waals surface area contributed by atoms with Gasteiger partial charge in [-0.3, -0.25) is 9.78 Å². The van der Waals surface area contributed by atoms with Gasteiger partial charge in [0.15, 0.2) is 0 Å². The zero-order valence-electron chi connectivity index (χ0n) is 11.8. The summed E-state index contributed by atoms with van der Waals surface area (Å²) in [7, 11) is 0. The number of hydrogen-bond donors (Lipinski definition) is 2. The van der Waals surface area contributed by atoms with E-state index >= 15 is 0 Å². The third kappa shape index (κ3) is 4.83. The minimum atomic E-state index is -0.352. The smallest absolute Gasteiger partial charge is 0.251 e. The number of halogens is 1. The monoisotopic (exact) mass is 288 g/mol. The third-order valence-corrected chi connectivity index (χ3v) is 2.81. The lowest BCUT2D eigenvalue weighted by Crippen LogP contribution is -2.25. The predicted octanol–water partition coefficient (Wildman–Crippen LogP) is 2.16. The molecular weight excluding hydrogens is 271 g/mol. The normalized spacial score (nSPS) is 10.2. The van der Waals surface area contributed by atoms with Crippen LogP contribution in [0.2, 0.25) is 0 Å². The maximum absolute atomic E-state index is 12.7. The van der Waals surface area contributed by atoms with Gasteiger partial charge in [0, 0.05) is 24.8 Å².